The minimum absolute atomic E-state index is 0.476. The van der Waals surface area contributed by atoms with E-state index < -0.39 is 123 Å². The number of rotatable bonds is 4. The molecule has 0 spiro atoms. The Kier molecular flexibility index (Phi) is 7.42. The summed E-state index contributed by atoms with van der Waals surface area (Å²) >= 11 is 0. The first-order valence-electron chi connectivity index (χ1n) is 9.71. The third kappa shape index (κ3) is 5.44. The summed E-state index contributed by atoms with van der Waals surface area (Å²) in [5.41, 5.74) is -1.33. The normalized spacial score (nSPS) is 12.6. The second-order valence-electron chi connectivity index (χ2n) is 7.50. The number of nitrogens with two attached hydrogens (primary N) is 2. The van der Waals surface area contributed by atoms with Gasteiger partial charge in [-0.2, -0.15) is 43.9 Å². The Labute approximate surface area is 210 Å². The van der Waals surface area contributed by atoms with Gasteiger partial charge in [0.25, 0.3) is 0 Å². The molecule has 0 radical (unpaired) electrons. The summed E-state index contributed by atoms with van der Waals surface area (Å²) < 4.78 is 214. The summed E-state index contributed by atoms with van der Waals surface area (Å²) in [6.45, 7) is 0. The van der Waals surface area contributed by atoms with Crippen molar-refractivity contribution in [2.24, 2.45) is 0 Å². The van der Waals surface area contributed by atoms with Gasteiger partial charge in [-0.05, 0) is 12.1 Å². The molecule has 4 N–H and O–H groups in total. The number of hydrogen-bond donors (Lipinski definition) is 2. The van der Waals surface area contributed by atoms with Crippen molar-refractivity contribution in [1.29, 1.82) is 0 Å². The Bertz CT molecular complexity index is 1490. The van der Waals surface area contributed by atoms with Crippen LogP contribution in [-0.2, 0) is 18.5 Å². The molecular formula is C21H7F15N2O2. The summed E-state index contributed by atoms with van der Waals surface area (Å²) in [7, 11) is 0. The van der Waals surface area contributed by atoms with Crippen LogP contribution in [0.5, 0.6) is 23.0 Å². The van der Waals surface area contributed by atoms with Gasteiger partial charge in [-0.3, -0.25) is 0 Å². The molecule has 0 amide bonds. The van der Waals surface area contributed by atoms with Crippen molar-refractivity contribution in [1.82, 2.24) is 0 Å². The predicted molar refractivity (Wildman–Crippen MR) is 103 cm³/mol. The van der Waals surface area contributed by atoms with E-state index in [2.05, 4.69) is 9.47 Å². The minimum atomic E-state index is -6.05. The number of halogens is 15. The molecule has 0 fully saturated rings. The van der Waals surface area contributed by atoms with Crippen LogP contribution in [0.15, 0.2) is 18.2 Å². The summed E-state index contributed by atoms with van der Waals surface area (Å²) in [6, 6.07) is -1.53. The molecule has 0 unspecified atom stereocenters. The van der Waals surface area contributed by atoms with E-state index in [0.29, 0.717) is 0 Å². The fourth-order valence-electron chi connectivity index (χ4n) is 3.07. The first-order chi connectivity index (χ1) is 18.1. The van der Waals surface area contributed by atoms with Crippen LogP contribution in [0.3, 0.4) is 0 Å². The minimum Gasteiger partial charge on any atom is -0.453 e. The molecule has 40 heavy (non-hydrogen) atoms. The SMILES string of the molecule is Nc1c(F)cc(C(F)(F)F)c(Oc2cc(Oc3c(C(F)(F)F)cc(F)c(N)c3F)c(C(F)(F)F)c(F)c2F)c1F. The number of alkyl halides is 9. The smallest absolute Gasteiger partial charge is 0.422 e. The molecule has 4 nitrogen and oxygen atoms in total. The van der Waals surface area contributed by atoms with Crippen LogP contribution in [-0.4, -0.2) is 0 Å². The van der Waals surface area contributed by atoms with E-state index in [-0.39, 0.29) is 0 Å². The first-order valence-corrected chi connectivity index (χ1v) is 9.71. The maximum atomic E-state index is 14.5. The summed E-state index contributed by atoms with van der Waals surface area (Å²) in [5, 5.41) is 0. The van der Waals surface area contributed by atoms with Gasteiger partial charge in [0.1, 0.15) is 45.4 Å². The number of nitrogen functional groups attached to an aromatic ring is 2. The molecule has 0 aliphatic heterocycles. The molecule has 19 heteroatoms. The topological polar surface area (TPSA) is 70.5 Å². The number of hydrogen-bond acceptors (Lipinski definition) is 4. The highest BCUT2D eigenvalue weighted by Gasteiger charge is 2.44. The second-order valence-corrected chi connectivity index (χ2v) is 7.50. The van der Waals surface area contributed by atoms with Crippen LogP contribution in [0.25, 0.3) is 0 Å². The number of benzene rings is 3. The quantitative estimate of drug-likeness (QED) is 0.232. The van der Waals surface area contributed by atoms with Crippen molar-refractivity contribution in [3.63, 3.8) is 0 Å². The lowest BCUT2D eigenvalue weighted by Gasteiger charge is -2.21. The van der Waals surface area contributed by atoms with Gasteiger partial charge in [0, 0.05) is 6.07 Å². The zero-order valence-electron chi connectivity index (χ0n) is 18.4. The molecule has 0 aliphatic carbocycles. The molecule has 218 valence electrons. The lowest BCUT2D eigenvalue weighted by molar-refractivity contribution is -0.142. The highest BCUT2D eigenvalue weighted by molar-refractivity contribution is 5.57. The van der Waals surface area contributed by atoms with E-state index in [1.165, 1.54) is 0 Å². The van der Waals surface area contributed by atoms with Crippen LogP contribution >= 0.6 is 0 Å². The molecule has 0 saturated heterocycles. The maximum absolute atomic E-state index is 14.5. The molecule has 3 aromatic rings. The van der Waals surface area contributed by atoms with Crippen molar-refractivity contribution < 1.29 is 75.3 Å². The number of anilines is 2. The Morgan fingerprint density at radius 2 is 0.850 bits per heavy atom. The molecule has 0 aromatic heterocycles. The van der Waals surface area contributed by atoms with Crippen LogP contribution in [0.2, 0.25) is 0 Å². The zero-order valence-corrected chi connectivity index (χ0v) is 18.4. The molecule has 0 aliphatic rings. The molecule has 0 bridgehead atoms. The predicted octanol–water partition coefficient (Wildman–Crippen LogP) is 8.33. The first kappa shape index (κ1) is 30.4. The Morgan fingerprint density at radius 3 is 1.20 bits per heavy atom. The van der Waals surface area contributed by atoms with Gasteiger partial charge < -0.3 is 20.9 Å². The molecular weight excluding hydrogens is 597 g/mol. The Hall–Kier alpha value is -4.19. The van der Waals surface area contributed by atoms with E-state index >= 15 is 0 Å². The van der Waals surface area contributed by atoms with Gasteiger partial charge in [0.2, 0.25) is 5.82 Å². The van der Waals surface area contributed by atoms with Crippen LogP contribution in [0.4, 0.5) is 77.2 Å². The largest absolute Gasteiger partial charge is 0.453 e. The maximum Gasteiger partial charge on any atom is 0.422 e. The van der Waals surface area contributed by atoms with Crippen LogP contribution < -0.4 is 20.9 Å². The van der Waals surface area contributed by atoms with Gasteiger partial charge in [-0.15, -0.1) is 0 Å². The lowest BCUT2D eigenvalue weighted by Crippen LogP contribution is -2.16. The van der Waals surface area contributed by atoms with Crippen molar-refractivity contribution >= 4 is 11.4 Å². The van der Waals surface area contributed by atoms with Gasteiger partial charge in [-0.1, -0.05) is 0 Å². The van der Waals surface area contributed by atoms with E-state index in [1.807, 2.05) is 0 Å². The Morgan fingerprint density at radius 1 is 0.475 bits per heavy atom. The zero-order chi connectivity index (χ0) is 30.7. The highest BCUT2D eigenvalue weighted by atomic mass is 19.4. The standard InChI is InChI=1S/C21H7F15N2O2/c22-6-1-4(19(28,29)30)17(13(26)15(6)37)39-8-3-9(11(24)12(25)10(8)21(34,35)36)40-18-5(20(31,32)33)2-7(23)16(38)14(18)27/h1-3H,37-38H2. The average Bonchev–Trinajstić information content (AvgIpc) is 2.80. The van der Waals surface area contributed by atoms with Crippen molar-refractivity contribution in [2.75, 3.05) is 11.5 Å². The summed E-state index contributed by atoms with van der Waals surface area (Å²) in [4.78, 5) is 0. The third-order valence-corrected chi connectivity index (χ3v) is 4.87. The molecule has 3 aromatic carbocycles. The highest BCUT2D eigenvalue weighted by Crippen LogP contribution is 2.49. The van der Waals surface area contributed by atoms with Gasteiger partial charge in [-0.25, -0.2) is 22.0 Å². The lowest BCUT2D eigenvalue weighted by atomic mass is 10.1. The van der Waals surface area contributed by atoms with Crippen LogP contribution in [0, 0.1) is 34.9 Å². The van der Waals surface area contributed by atoms with Crippen LogP contribution in [0.1, 0.15) is 16.7 Å². The average molecular weight is 604 g/mol. The van der Waals surface area contributed by atoms with Crippen molar-refractivity contribution in [3.8, 4) is 23.0 Å². The molecule has 0 atom stereocenters. The van der Waals surface area contributed by atoms with Gasteiger partial charge >= 0.3 is 18.5 Å². The van der Waals surface area contributed by atoms with Gasteiger partial charge in [0.15, 0.2) is 34.7 Å². The number of ether oxygens (including phenoxy) is 2. The monoisotopic (exact) mass is 604 g/mol. The van der Waals surface area contributed by atoms with E-state index in [0.717, 1.165) is 0 Å². The van der Waals surface area contributed by atoms with E-state index in [4.69, 9.17) is 11.5 Å². The van der Waals surface area contributed by atoms with E-state index in [9.17, 15) is 65.9 Å². The van der Waals surface area contributed by atoms with Crippen molar-refractivity contribution in [3.05, 3.63) is 69.8 Å². The third-order valence-electron chi connectivity index (χ3n) is 4.87. The molecule has 0 heterocycles. The van der Waals surface area contributed by atoms with E-state index in [1.54, 1.807) is 0 Å². The fourth-order valence-corrected chi connectivity index (χ4v) is 3.07. The van der Waals surface area contributed by atoms with Gasteiger partial charge in [0.05, 0.1) is 0 Å². The molecule has 3 rings (SSSR count). The second kappa shape index (κ2) is 9.77. The summed E-state index contributed by atoms with van der Waals surface area (Å²) in [5.74, 6) is -23.8. The summed E-state index contributed by atoms with van der Waals surface area (Å²) in [6.07, 6.45) is -17.5. The fraction of sp³-hybridized carbons (Fsp3) is 0.143. The van der Waals surface area contributed by atoms with Crippen molar-refractivity contribution in [2.45, 2.75) is 18.5 Å². The Balaban J connectivity index is 2.35. The molecule has 0 saturated carbocycles.